The Morgan fingerprint density at radius 3 is 2.13 bits per heavy atom. The molecule has 0 aliphatic rings. The highest BCUT2D eigenvalue weighted by Gasteiger charge is 2.23. The summed E-state index contributed by atoms with van der Waals surface area (Å²) in [4.78, 5) is 0.268. The van der Waals surface area contributed by atoms with Crippen LogP contribution in [0.15, 0.2) is 29.2 Å². The van der Waals surface area contributed by atoms with Gasteiger partial charge in [0.05, 0.1) is 0 Å². The van der Waals surface area contributed by atoms with Crippen molar-refractivity contribution in [3.63, 3.8) is 0 Å². The summed E-state index contributed by atoms with van der Waals surface area (Å²) >= 11 is 15.0. The van der Waals surface area contributed by atoms with Crippen molar-refractivity contribution >= 4 is 50.3 Å². The summed E-state index contributed by atoms with van der Waals surface area (Å²) in [6, 6.07) is 4.50. The molecule has 1 aromatic rings. The van der Waals surface area contributed by atoms with E-state index in [2.05, 4.69) is 0 Å². The molecule has 0 aliphatic heterocycles. The quantitative estimate of drug-likeness (QED) is 0.487. The van der Waals surface area contributed by atoms with E-state index in [4.69, 9.17) is 33.2 Å². The molecule has 0 amide bonds. The maximum absolute atomic E-state index is 10.6. The van der Waals surface area contributed by atoms with Crippen LogP contribution in [0.2, 0.25) is 6.04 Å². The van der Waals surface area contributed by atoms with Crippen molar-refractivity contribution in [2.24, 2.45) is 0 Å². The van der Waals surface area contributed by atoms with Crippen molar-refractivity contribution in [2.45, 2.75) is 17.4 Å². The smallest absolute Gasteiger partial charge is 0.341 e. The van der Waals surface area contributed by atoms with Crippen LogP contribution >= 0.6 is 33.2 Å². The van der Waals surface area contributed by atoms with E-state index < -0.39 is 17.1 Å². The lowest BCUT2D eigenvalue weighted by Crippen LogP contribution is -2.09. The fraction of sp³-hybridized carbons (Fsp3) is 0.250. The summed E-state index contributed by atoms with van der Waals surface area (Å²) < 4.78 is 21.1. The molecule has 2 nitrogen and oxygen atoms in total. The van der Waals surface area contributed by atoms with Crippen LogP contribution in [0.1, 0.15) is 5.56 Å². The Hall–Kier alpha value is 0.417. The number of aryl methyl sites for hydroxylation is 1. The van der Waals surface area contributed by atoms with Crippen LogP contribution in [0, 0.1) is 0 Å². The van der Waals surface area contributed by atoms with E-state index in [1.54, 1.807) is 24.3 Å². The molecule has 0 saturated heterocycles. The minimum Gasteiger partial charge on any atom is -0.768 e. The number of hydrogen-bond donors (Lipinski definition) is 0. The van der Waals surface area contributed by atoms with Crippen LogP contribution in [0.25, 0.3) is 0 Å². The first-order valence-corrected chi connectivity index (χ1v) is 10.5. The molecule has 0 heterocycles. The second-order valence-corrected chi connectivity index (χ2v) is 13.2. The summed E-state index contributed by atoms with van der Waals surface area (Å²) in [5.41, 5.74) is 0.975. The molecule has 0 fully saturated rings. The van der Waals surface area contributed by atoms with Crippen LogP contribution in [-0.4, -0.2) is 14.8 Å². The maximum Gasteiger partial charge on any atom is 0.341 e. The molecule has 0 spiro atoms. The van der Waals surface area contributed by atoms with Gasteiger partial charge < -0.3 is 4.55 Å². The van der Waals surface area contributed by atoms with Crippen LogP contribution in [0.5, 0.6) is 0 Å². The van der Waals surface area contributed by atoms with Crippen molar-refractivity contribution in [1.82, 2.24) is 0 Å². The molecule has 0 saturated carbocycles. The van der Waals surface area contributed by atoms with Gasteiger partial charge in [-0.2, -0.15) is 0 Å². The van der Waals surface area contributed by atoms with Crippen molar-refractivity contribution < 1.29 is 8.76 Å². The van der Waals surface area contributed by atoms with Gasteiger partial charge in [-0.25, -0.2) is 0 Å². The normalized spacial score (nSPS) is 13.9. The first-order chi connectivity index (χ1) is 6.88. The Kier molecular flexibility index (Phi) is 5.09. The maximum atomic E-state index is 10.6. The predicted octanol–water partition coefficient (Wildman–Crippen LogP) is 3.12. The molecule has 15 heavy (non-hydrogen) atoms. The molecule has 0 aliphatic carbocycles. The molecular weight excluding hydrogens is 295 g/mol. The van der Waals surface area contributed by atoms with Gasteiger partial charge >= 0.3 is 6.00 Å². The van der Waals surface area contributed by atoms with Gasteiger partial charge in [0, 0.05) is 4.90 Å². The average Bonchev–Trinajstić information content (AvgIpc) is 2.14. The third-order valence-electron chi connectivity index (χ3n) is 1.81. The Morgan fingerprint density at radius 2 is 1.73 bits per heavy atom. The fourth-order valence-electron chi connectivity index (χ4n) is 1.05. The first-order valence-electron chi connectivity index (χ1n) is 4.13. The number of rotatable bonds is 4. The van der Waals surface area contributed by atoms with Crippen molar-refractivity contribution in [2.75, 3.05) is 0 Å². The third-order valence-corrected chi connectivity index (χ3v) is 4.99. The van der Waals surface area contributed by atoms with Gasteiger partial charge in [0.2, 0.25) is 0 Å². The summed E-state index contributed by atoms with van der Waals surface area (Å²) in [5, 5.41) is 0. The molecular formula is C8H8Cl3O2SSi-. The van der Waals surface area contributed by atoms with E-state index >= 15 is 0 Å². The minimum atomic E-state index is -2.58. The van der Waals surface area contributed by atoms with Crippen molar-refractivity contribution in [3.05, 3.63) is 29.8 Å². The Bertz CT molecular complexity index is 350. The monoisotopic (exact) mass is 301 g/mol. The number of hydrogen-bond acceptors (Lipinski definition) is 2. The molecule has 7 heteroatoms. The molecule has 1 atom stereocenters. The zero-order valence-electron chi connectivity index (χ0n) is 7.58. The lowest BCUT2D eigenvalue weighted by molar-refractivity contribution is 0.537. The van der Waals surface area contributed by atoms with E-state index in [0.717, 1.165) is 5.56 Å². The highest BCUT2D eigenvalue weighted by Crippen LogP contribution is 2.26. The van der Waals surface area contributed by atoms with E-state index in [0.29, 0.717) is 12.5 Å². The molecule has 0 aromatic heterocycles. The van der Waals surface area contributed by atoms with Crippen LogP contribution in [-0.2, 0) is 17.5 Å². The lowest BCUT2D eigenvalue weighted by atomic mass is 10.2. The van der Waals surface area contributed by atoms with E-state index in [1.807, 2.05) is 0 Å². The van der Waals surface area contributed by atoms with Crippen LogP contribution in [0.4, 0.5) is 0 Å². The van der Waals surface area contributed by atoms with Gasteiger partial charge in [0.1, 0.15) is 0 Å². The summed E-state index contributed by atoms with van der Waals surface area (Å²) in [6.45, 7) is 0. The molecule has 0 N–H and O–H groups in total. The number of halogens is 3. The van der Waals surface area contributed by atoms with Crippen molar-refractivity contribution in [1.29, 1.82) is 0 Å². The Morgan fingerprint density at radius 1 is 1.20 bits per heavy atom. The summed E-state index contributed by atoms with van der Waals surface area (Å²) in [5.74, 6) is 0. The first kappa shape index (κ1) is 13.5. The second-order valence-electron chi connectivity index (χ2n) is 2.99. The summed E-state index contributed by atoms with van der Waals surface area (Å²) in [7, 11) is 0. The van der Waals surface area contributed by atoms with Gasteiger partial charge in [-0.15, -0.1) is 33.2 Å². The second kappa shape index (κ2) is 5.66. The SMILES string of the molecule is O=S([O-])c1ccc(CC[Si](Cl)(Cl)Cl)cc1. The Labute approximate surface area is 106 Å². The Balaban J connectivity index is 2.61. The molecule has 84 valence electrons. The van der Waals surface area contributed by atoms with E-state index in [-0.39, 0.29) is 4.90 Å². The average molecular weight is 303 g/mol. The van der Waals surface area contributed by atoms with Gasteiger partial charge in [0.25, 0.3) is 0 Å². The molecule has 1 unspecified atom stereocenters. The zero-order valence-corrected chi connectivity index (χ0v) is 11.7. The minimum absolute atomic E-state index is 0.268. The van der Waals surface area contributed by atoms with E-state index in [9.17, 15) is 8.76 Å². The van der Waals surface area contributed by atoms with Gasteiger partial charge in [-0.3, -0.25) is 4.21 Å². The highest BCUT2D eigenvalue weighted by molar-refractivity contribution is 7.79. The van der Waals surface area contributed by atoms with Crippen LogP contribution < -0.4 is 0 Å². The summed E-state index contributed by atoms with van der Waals surface area (Å²) in [6.07, 6.45) is 0.661. The standard InChI is InChI=1S/C8H9Cl3O2SSi/c9-15(10,11)6-5-7-1-3-8(4-2-7)14(12)13/h1-4H,5-6H2,(H,12,13)/p-1. The fourth-order valence-corrected chi connectivity index (χ4v) is 2.83. The molecule has 0 radical (unpaired) electrons. The lowest BCUT2D eigenvalue weighted by Gasteiger charge is -2.09. The van der Waals surface area contributed by atoms with Gasteiger partial charge in [0.15, 0.2) is 0 Å². The van der Waals surface area contributed by atoms with E-state index in [1.165, 1.54) is 0 Å². The topological polar surface area (TPSA) is 40.1 Å². The largest absolute Gasteiger partial charge is 0.768 e. The van der Waals surface area contributed by atoms with Gasteiger partial charge in [-0.05, 0) is 41.2 Å². The number of benzene rings is 1. The zero-order chi connectivity index (χ0) is 11.5. The third kappa shape index (κ3) is 5.33. The molecule has 1 aromatic carbocycles. The molecule has 1 rings (SSSR count). The van der Waals surface area contributed by atoms with Crippen molar-refractivity contribution in [3.8, 4) is 0 Å². The van der Waals surface area contributed by atoms with Crippen LogP contribution in [0.3, 0.4) is 0 Å². The van der Waals surface area contributed by atoms with Gasteiger partial charge in [-0.1, -0.05) is 12.1 Å². The molecule has 0 bridgehead atoms. The highest BCUT2D eigenvalue weighted by atomic mass is 35.8. The predicted molar refractivity (Wildman–Crippen MR) is 65.5 cm³/mol.